The number of rotatable bonds is 14. The molecule has 2 amide bonds. The van der Waals surface area contributed by atoms with Crippen molar-refractivity contribution < 1.29 is 19.1 Å². The van der Waals surface area contributed by atoms with Gasteiger partial charge in [-0.2, -0.15) is 10.2 Å². The molecule has 5 rings (SSSR count). The maximum atomic E-state index is 12.2. The standard InChI is InChI=1S/C22H23N3O2.C19H21N3O2/c1-27-21-11-5-3-8-17(21)9-6-14-24-25-22(26)20(23)15-18-13-12-16-7-2-4-10-19(16)18;1-24-18-12-6-5-10-16(18)11-7-13-21-22-19(23)17(20)14-15-8-3-2-4-9-15/h2-11,13-14,20H,12,15,23H2,1H3,(H,25,26);2-13,17H,14,20H2,1H3,(H,22,23)/b9-6+,24-14+;11-7+,21-13+. The molecule has 10 nitrogen and oxygen atoms in total. The summed E-state index contributed by atoms with van der Waals surface area (Å²) in [6, 6.07) is 31.8. The fourth-order valence-electron chi connectivity index (χ4n) is 5.19. The first-order valence-corrected chi connectivity index (χ1v) is 16.5. The quantitative estimate of drug-likeness (QED) is 0.101. The summed E-state index contributed by atoms with van der Waals surface area (Å²) in [5, 5.41) is 7.80. The van der Waals surface area contributed by atoms with Gasteiger partial charge < -0.3 is 20.9 Å². The van der Waals surface area contributed by atoms with Crippen molar-refractivity contribution in [3.63, 3.8) is 0 Å². The number of hydrazone groups is 2. The molecular weight excluding hydrogens is 640 g/mol. The van der Waals surface area contributed by atoms with Crippen LogP contribution in [0.1, 0.15) is 34.2 Å². The Labute approximate surface area is 299 Å². The predicted molar refractivity (Wildman–Crippen MR) is 206 cm³/mol. The molecule has 2 unspecified atom stereocenters. The topological polar surface area (TPSA) is 153 Å². The molecule has 10 heteroatoms. The molecule has 0 fully saturated rings. The van der Waals surface area contributed by atoms with E-state index in [1.54, 1.807) is 26.4 Å². The van der Waals surface area contributed by atoms with Gasteiger partial charge in [0, 0.05) is 23.6 Å². The summed E-state index contributed by atoms with van der Waals surface area (Å²) < 4.78 is 10.5. The molecule has 0 saturated heterocycles. The summed E-state index contributed by atoms with van der Waals surface area (Å²) in [6.45, 7) is 0. The molecule has 0 radical (unpaired) electrons. The lowest BCUT2D eigenvalue weighted by atomic mass is 10.00. The number of methoxy groups -OCH3 is 2. The zero-order chi connectivity index (χ0) is 36.3. The van der Waals surface area contributed by atoms with Crippen LogP contribution in [0.25, 0.3) is 17.7 Å². The van der Waals surface area contributed by atoms with E-state index in [2.05, 4.69) is 39.3 Å². The van der Waals surface area contributed by atoms with Crippen molar-refractivity contribution in [1.29, 1.82) is 0 Å². The number of carbonyl (C=O) groups excluding carboxylic acids is 2. The summed E-state index contributed by atoms with van der Waals surface area (Å²) in [6.07, 6.45) is 14.2. The van der Waals surface area contributed by atoms with E-state index in [9.17, 15) is 9.59 Å². The number of fused-ring (bicyclic) bond motifs is 1. The Morgan fingerprint density at radius 3 is 1.75 bits per heavy atom. The van der Waals surface area contributed by atoms with Crippen LogP contribution < -0.4 is 31.8 Å². The summed E-state index contributed by atoms with van der Waals surface area (Å²) >= 11 is 0. The summed E-state index contributed by atoms with van der Waals surface area (Å²) in [5.41, 5.74) is 23.3. The van der Waals surface area contributed by atoms with Gasteiger partial charge >= 0.3 is 0 Å². The smallest absolute Gasteiger partial charge is 0.257 e. The number of allylic oxidation sites excluding steroid dienone is 3. The number of hydrogen-bond donors (Lipinski definition) is 4. The molecule has 1 aliphatic carbocycles. The lowest BCUT2D eigenvalue weighted by Crippen LogP contribution is -2.39. The first-order valence-electron chi connectivity index (χ1n) is 16.5. The number of nitrogens with one attached hydrogen (secondary N) is 2. The molecule has 0 heterocycles. The average Bonchev–Trinajstić information content (AvgIpc) is 3.57. The minimum atomic E-state index is -0.641. The maximum absolute atomic E-state index is 12.2. The molecule has 4 aromatic rings. The van der Waals surface area contributed by atoms with Gasteiger partial charge in [0.15, 0.2) is 0 Å². The van der Waals surface area contributed by atoms with Gasteiger partial charge in [0.25, 0.3) is 11.8 Å². The van der Waals surface area contributed by atoms with Gasteiger partial charge in [0.2, 0.25) is 0 Å². The van der Waals surface area contributed by atoms with Crippen molar-refractivity contribution in [2.75, 3.05) is 14.2 Å². The average molecular weight is 685 g/mol. The molecule has 0 aliphatic heterocycles. The van der Waals surface area contributed by atoms with Crippen molar-refractivity contribution in [2.45, 2.75) is 31.3 Å². The molecular formula is C41H44N6O4. The third-order valence-corrected chi connectivity index (χ3v) is 7.84. The number of benzene rings is 4. The summed E-state index contributed by atoms with van der Waals surface area (Å²) in [5.74, 6) is 0.928. The first kappa shape index (κ1) is 37.7. The Bertz CT molecular complexity index is 1880. The van der Waals surface area contributed by atoms with Crippen LogP contribution >= 0.6 is 0 Å². The Morgan fingerprint density at radius 2 is 1.18 bits per heavy atom. The second-order valence-corrected chi connectivity index (χ2v) is 11.4. The molecule has 2 atom stereocenters. The Balaban J connectivity index is 0.000000230. The Hall–Kier alpha value is -6.10. The molecule has 6 N–H and O–H groups in total. The molecule has 0 spiro atoms. The predicted octanol–water partition coefficient (Wildman–Crippen LogP) is 5.55. The van der Waals surface area contributed by atoms with Crippen LogP contribution in [0, 0.1) is 0 Å². The molecule has 0 aromatic heterocycles. The fraction of sp³-hybridized carbons (Fsp3) is 0.171. The van der Waals surface area contributed by atoms with Gasteiger partial charge in [0.05, 0.1) is 26.3 Å². The van der Waals surface area contributed by atoms with Crippen LogP contribution in [0.15, 0.2) is 132 Å². The van der Waals surface area contributed by atoms with E-state index < -0.39 is 12.1 Å². The van der Waals surface area contributed by atoms with Crippen LogP contribution in [0.2, 0.25) is 0 Å². The zero-order valence-corrected chi connectivity index (χ0v) is 28.8. The van der Waals surface area contributed by atoms with E-state index in [-0.39, 0.29) is 11.8 Å². The van der Waals surface area contributed by atoms with E-state index in [0.29, 0.717) is 12.8 Å². The third-order valence-electron chi connectivity index (χ3n) is 7.84. The normalized spacial score (nSPS) is 13.4. The monoisotopic (exact) mass is 684 g/mol. The van der Waals surface area contributed by atoms with Crippen LogP contribution in [0.5, 0.6) is 11.5 Å². The largest absolute Gasteiger partial charge is 0.496 e. The third kappa shape index (κ3) is 12.1. The molecule has 1 aliphatic rings. The van der Waals surface area contributed by atoms with Crippen LogP contribution in [0.3, 0.4) is 0 Å². The lowest BCUT2D eigenvalue weighted by Gasteiger charge is -2.11. The highest BCUT2D eigenvalue weighted by atomic mass is 16.5. The molecule has 4 aromatic carbocycles. The Kier molecular flexibility index (Phi) is 15.1. The van der Waals surface area contributed by atoms with E-state index in [1.165, 1.54) is 23.6 Å². The van der Waals surface area contributed by atoms with Crippen molar-refractivity contribution >= 4 is 42.0 Å². The Morgan fingerprint density at radius 1 is 0.686 bits per heavy atom. The maximum Gasteiger partial charge on any atom is 0.257 e. The zero-order valence-electron chi connectivity index (χ0n) is 28.8. The molecule has 0 saturated carbocycles. The van der Waals surface area contributed by atoms with E-state index in [1.807, 2.05) is 103 Å². The second kappa shape index (κ2) is 20.4. The van der Waals surface area contributed by atoms with Gasteiger partial charge in [-0.25, -0.2) is 10.9 Å². The van der Waals surface area contributed by atoms with E-state index in [4.69, 9.17) is 20.9 Å². The number of carbonyl (C=O) groups is 2. The number of para-hydroxylation sites is 2. The van der Waals surface area contributed by atoms with Gasteiger partial charge in [-0.1, -0.05) is 97.1 Å². The van der Waals surface area contributed by atoms with Crippen LogP contribution in [-0.2, 0) is 22.4 Å². The molecule has 262 valence electrons. The van der Waals surface area contributed by atoms with Gasteiger partial charge in [-0.05, 0) is 78.0 Å². The minimum absolute atomic E-state index is 0.303. The van der Waals surface area contributed by atoms with Gasteiger partial charge in [-0.3, -0.25) is 9.59 Å². The van der Waals surface area contributed by atoms with Crippen molar-refractivity contribution in [2.24, 2.45) is 21.7 Å². The summed E-state index contributed by atoms with van der Waals surface area (Å²) in [4.78, 5) is 24.0. The molecule has 0 bridgehead atoms. The van der Waals surface area contributed by atoms with Crippen LogP contribution in [-0.4, -0.2) is 50.5 Å². The highest BCUT2D eigenvalue weighted by Gasteiger charge is 2.20. The SMILES string of the molecule is COc1ccccc1/C=C/C=N/NC(=O)C(N)CC1=CCc2ccccc21.COc1ccccc1/C=C/C=N/NC(=O)C(N)Cc1ccccc1. The number of nitrogens with zero attached hydrogens (tertiary/aromatic N) is 2. The van der Waals surface area contributed by atoms with Gasteiger partial charge in [-0.15, -0.1) is 0 Å². The summed E-state index contributed by atoms with van der Waals surface area (Å²) in [7, 11) is 3.25. The van der Waals surface area contributed by atoms with Crippen molar-refractivity contribution in [3.8, 4) is 11.5 Å². The number of amides is 2. The highest BCUT2D eigenvalue weighted by molar-refractivity contribution is 5.87. The fourth-order valence-corrected chi connectivity index (χ4v) is 5.19. The molecule has 51 heavy (non-hydrogen) atoms. The number of ether oxygens (including phenoxy) is 2. The highest BCUT2D eigenvalue weighted by Crippen LogP contribution is 2.30. The van der Waals surface area contributed by atoms with Gasteiger partial charge in [0.1, 0.15) is 11.5 Å². The number of nitrogens with two attached hydrogens (primary N) is 2. The number of hydrogen-bond acceptors (Lipinski definition) is 8. The lowest BCUT2D eigenvalue weighted by molar-refractivity contribution is -0.123. The van der Waals surface area contributed by atoms with Crippen molar-refractivity contribution in [1.82, 2.24) is 10.9 Å². The van der Waals surface area contributed by atoms with Crippen molar-refractivity contribution in [3.05, 3.63) is 149 Å². The van der Waals surface area contributed by atoms with E-state index in [0.717, 1.165) is 40.2 Å². The first-order chi connectivity index (χ1) is 24.9. The van der Waals surface area contributed by atoms with Crippen LogP contribution in [0.4, 0.5) is 0 Å². The minimum Gasteiger partial charge on any atom is -0.496 e. The van der Waals surface area contributed by atoms with E-state index >= 15 is 0 Å². The second-order valence-electron chi connectivity index (χ2n) is 11.4.